The average Bonchev–Trinajstić information content (AvgIpc) is 2.24. The van der Waals surface area contributed by atoms with Crippen molar-refractivity contribution in [3.63, 3.8) is 0 Å². The Kier molecular flexibility index (Phi) is 7.97. The molecule has 0 bridgehead atoms. The lowest BCUT2D eigenvalue weighted by Gasteiger charge is -2.22. The van der Waals surface area contributed by atoms with Crippen LogP contribution in [-0.2, 0) is 9.84 Å². The van der Waals surface area contributed by atoms with Crippen molar-refractivity contribution in [1.29, 1.82) is 0 Å². The summed E-state index contributed by atoms with van der Waals surface area (Å²) in [5.41, 5.74) is 2.80. The van der Waals surface area contributed by atoms with Crippen LogP contribution in [0.25, 0.3) is 0 Å². The molecule has 0 fully saturated rings. The second kappa shape index (κ2) is 8.03. The first-order valence-electron chi connectivity index (χ1n) is 6.13. The normalized spacial score (nSPS) is 16.0. The van der Waals surface area contributed by atoms with E-state index in [1.54, 1.807) is 6.92 Å². The monoisotopic (exact) mass is 250 g/mol. The SMILES string of the molecule is CCCC(C)C(CCCS(=O)(=O)CC)NN. The van der Waals surface area contributed by atoms with Crippen LogP contribution in [0.4, 0.5) is 0 Å². The maximum atomic E-state index is 11.3. The predicted molar refractivity (Wildman–Crippen MR) is 68.7 cm³/mol. The Morgan fingerprint density at radius 2 is 1.88 bits per heavy atom. The molecule has 0 aromatic carbocycles. The van der Waals surface area contributed by atoms with E-state index in [4.69, 9.17) is 5.84 Å². The molecule has 5 heteroatoms. The lowest BCUT2D eigenvalue weighted by Crippen LogP contribution is -2.40. The third-order valence-electron chi connectivity index (χ3n) is 3.06. The minimum Gasteiger partial charge on any atom is -0.271 e. The van der Waals surface area contributed by atoms with E-state index in [9.17, 15) is 8.42 Å². The highest BCUT2D eigenvalue weighted by atomic mass is 32.2. The molecule has 0 saturated heterocycles. The topological polar surface area (TPSA) is 72.2 Å². The van der Waals surface area contributed by atoms with Crippen molar-refractivity contribution in [2.24, 2.45) is 11.8 Å². The Morgan fingerprint density at radius 3 is 2.31 bits per heavy atom. The van der Waals surface area contributed by atoms with E-state index in [2.05, 4.69) is 19.3 Å². The number of hydrazine groups is 1. The quantitative estimate of drug-likeness (QED) is 0.480. The molecular weight excluding hydrogens is 224 g/mol. The Hall–Kier alpha value is -0.130. The number of hydrogen-bond acceptors (Lipinski definition) is 4. The van der Waals surface area contributed by atoms with Crippen LogP contribution in [0.1, 0.15) is 46.5 Å². The molecular formula is C11H26N2O2S. The van der Waals surface area contributed by atoms with Crippen molar-refractivity contribution in [1.82, 2.24) is 5.43 Å². The van der Waals surface area contributed by atoms with Crippen molar-refractivity contribution in [3.05, 3.63) is 0 Å². The van der Waals surface area contributed by atoms with Crippen LogP contribution in [0.2, 0.25) is 0 Å². The van der Waals surface area contributed by atoms with Crippen molar-refractivity contribution < 1.29 is 8.42 Å². The summed E-state index contributed by atoms with van der Waals surface area (Å²) >= 11 is 0. The van der Waals surface area contributed by atoms with Gasteiger partial charge in [0.05, 0.1) is 5.75 Å². The molecule has 0 rings (SSSR count). The second-order valence-electron chi connectivity index (χ2n) is 4.42. The van der Waals surface area contributed by atoms with Gasteiger partial charge in [-0.15, -0.1) is 0 Å². The number of nitrogens with one attached hydrogen (secondary N) is 1. The smallest absolute Gasteiger partial charge is 0.150 e. The molecule has 2 unspecified atom stereocenters. The van der Waals surface area contributed by atoms with Crippen LogP contribution in [0, 0.1) is 5.92 Å². The zero-order chi connectivity index (χ0) is 12.6. The second-order valence-corrected chi connectivity index (χ2v) is 6.89. The van der Waals surface area contributed by atoms with Crippen LogP contribution in [-0.4, -0.2) is 26.0 Å². The third-order valence-corrected chi connectivity index (χ3v) is 4.85. The van der Waals surface area contributed by atoms with Gasteiger partial charge in [0.2, 0.25) is 0 Å². The Balaban J connectivity index is 3.97. The summed E-state index contributed by atoms with van der Waals surface area (Å²) in [5.74, 6) is 6.50. The first kappa shape index (κ1) is 15.9. The first-order chi connectivity index (χ1) is 7.46. The fraction of sp³-hybridized carbons (Fsp3) is 1.00. The van der Waals surface area contributed by atoms with E-state index < -0.39 is 9.84 Å². The van der Waals surface area contributed by atoms with E-state index in [1.165, 1.54) is 0 Å². The summed E-state index contributed by atoms with van der Waals surface area (Å²) in [6, 6.07) is 0.229. The maximum absolute atomic E-state index is 11.3. The fourth-order valence-electron chi connectivity index (χ4n) is 1.86. The highest BCUT2D eigenvalue weighted by Crippen LogP contribution is 2.14. The van der Waals surface area contributed by atoms with Gasteiger partial charge in [0.15, 0.2) is 0 Å². The van der Waals surface area contributed by atoms with Gasteiger partial charge in [0, 0.05) is 11.8 Å². The standard InChI is InChI=1S/C11H26N2O2S/c1-4-7-10(3)11(13-12)8-6-9-16(14,15)5-2/h10-11,13H,4-9,12H2,1-3H3. The lowest BCUT2D eigenvalue weighted by atomic mass is 9.94. The predicted octanol–water partition coefficient (Wildman–Crippen LogP) is 1.47. The van der Waals surface area contributed by atoms with E-state index >= 15 is 0 Å². The zero-order valence-electron chi connectivity index (χ0n) is 10.7. The van der Waals surface area contributed by atoms with Gasteiger partial charge in [0.25, 0.3) is 0 Å². The van der Waals surface area contributed by atoms with Crippen LogP contribution in [0.5, 0.6) is 0 Å². The molecule has 16 heavy (non-hydrogen) atoms. The van der Waals surface area contributed by atoms with Crippen molar-refractivity contribution in [2.45, 2.75) is 52.5 Å². The Bertz CT molecular complexity index is 265. The fourth-order valence-corrected chi connectivity index (χ4v) is 2.75. The van der Waals surface area contributed by atoms with Crippen LogP contribution in [0.3, 0.4) is 0 Å². The first-order valence-corrected chi connectivity index (χ1v) is 7.95. The molecule has 0 aliphatic rings. The molecule has 3 N–H and O–H groups in total. The zero-order valence-corrected chi connectivity index (χ0v) is 11.5. The molecule has 98 valence electrons. The van der Waals surface area contributed by atoms with Crippen molar-refractivity contribution >= 4 is 9.84 Å². The average molecular weight is 250 g/mol. The van der Waals surface area contributed by atoms with Crippen LogP contribution in [0.15, 0.2) is 0 Å². The van der Waals surface area contributed by atoms with Crippen molar-refractivity contribution in [3.8, 4) is 0 Å². The van der Waals surface area contributed by atoms with Gasteiger partial charge in [0.1, 0.15) is 9.84 Å². The summed E-state index contributed by atoms with van der Waals surface area (Å²) in [7, 11) is -2.83. The molecule has 0 aromatic rings. The van der Waals surface area contributed by atoms with Crippen LogP contribution < -0.4 is 11.3 Å². The van der Waals surface area contributed by atoms with Gasteiger partial charge in [-0.1, -0.05) is 27.2 Å². The Labute approximate surface area is 99.9 Å². The minimum atomic E-state index is -2.83. The van der Waals surface area contributed by atoms with Gasteiger partial charge >= 0.3 is 0 Å². The number of nitrogens with two attached hydrogens (primary N) is 1. The van der Waals surface area contributed by atoms with Crippen LogP contribution >= 0.6 is 0 Å². The highest BCUT2D eigenvalue weighted by Gasteiger charge is 2.16. The summed E-state index contributed by atoms with van der Waals surface area (Å²) in [6.07, 6.45) is 3.78. The third kappa shape index (κ3) is 6.45. The molecule has 0 aliphatic carbocycles. The van der Waals surface area contributed by atoms with Gasteiger partial charge < -0.3 is 0 Å². The summed E-state index contributed by atoms with van der Waals surface area (Å²) in [6.45, 7) is 5.99. The van der Waals surface area contributed by atoms with Crippen molar-refractivity contribution in [2.75, 3.05) is 11.5 Å². The van der Waals surface area contributed by atoms with Gasteiger partial charge in [-0.2, -0.15) is 0 Å². The maximum Gasteiger partial charge on any atom is 0.150 e. The largest absolute Gasteiger partial charge is 0.271 e. The number of hydrogen-bond donors (Lipinski definition) is 2. The molecule has 0 saturated carbocycles. The molecule has 4 nitrogen and oxygen atoms in total. The van der Waals surface area contributed by atoms with Gasteiger partial charge in [-0.25, -0.2) is 8.42 Å². The molecule has 0 aromatic heterocycles. The molecule has 0 radical (unpaired) electrons. The van der Waals surface area contributed by atoms with Gasteiger partial charge in [-0.3, -0.25) is 11.3 Å². The summed E-state index contributed by atoms with van der Waals surface area (Å²) < 4.78 is 22.6. The highest BCUT2D eigenvalue weighted by molar-refractivity contribution is 7.91. The Morgan fingerprint density at radius 1 is 1.25 bits per heavy atom. The number of sulfone groups is 1. The van der Waals surface area contributed by atoms with E-state index in [1.807, 2.05) is 0 Å². The number of rotatable bonds is 9. The summed E-state index contributed by atoms with van der Waals surface area (Å²) in [4.78, 5) is 0. The molecule has 0 spiro atoms. The van der Waals surface area contributed by atoms with E-state index in [-0.39, 0.29) is 17.5 Å². The summed E-state index contributed by atoms with van der Waals surface area (Å²) in [5, 5.41) is 0. The molecule has 0 amide bonds. The molecule has 0 aliphatic heterocycles. The molecule has 0 heterocycles. The van der Waals surface area contributed by atoms with E-state index in [0.717, 1.165) is 19.3 Å². The molecule has 2 atom stereocenters. The van der Waals surface area contributed by atoms with Gasteiger partial charge in [-0.05, 0) is 25.2 Å². The van der Waals surface area contributed by atoms with E-state index in [0.29, 0.717) is 12.3 Å². The minimum absolute atomic E-state index is 0.229. The lowest BCUT2D eigenvalue weighted by molar-refractivity contribution is 0.339.